The molecule has 2 aromatic rings. The Balaban J connectivity index is 2.11. The van der Waals surface area contributed by atoms with E-state index in [-0.39, 0.29) is 5.25 Å². The van der Waals surface area contributed by atoms with Crippen LogP contribution >= 0.6 is 39.0 Å². The first-order chi connectivity index (χ1) is 7.29. The molecule has 0 amide bonds. The van der Waals surface area contributed by atoms with E-state index in [9.17, 15) is 0 Å². The molecule has 6 heteroatoms. The van der Waals surface area contributed by atoms with E-state index in [1.165, 1.54) is 4.88 Å². The molecule has 0 fully saturated rings. The van der Waals surface area contributed by atoms with Gasteiger partial charge in [0.1, 0.15) is 6.26 Å². The third-order valence-electron chi connectivity index (χ3n) is 1.77. The highest BCUT2D eigenvalue weighted by Crippen LogP contribution is 2.37. The maximum Gasteiger partial charge on any atom is 0.256 e. The molecule has 3 nitrogen and oxygen atoms in total. The van der Waals surface area contributed by atoms with Gasteiger partial charge in [0.25, 0.3) is 5.22 Å². The van der Waals surface area contributed by atoms with E-state index in [0.717, 1.165) is 4.47 Å². The van der Waals surface area contributed by atoms with Crippen LogP contribution in [0.2, 0.25) is 0 Å². The maximum atomic E-state index is 5.73. The molecule has 0 aliphatic carbocycles. The van der Waals surface area contributed by atoms with Gasteiger partial charge in [-0.15, -0.1) is 11.3 Å². The highest BCUT2D eigenvalue weighted by atomic mass is 79.9. The number of nitrogens with zero attached hydrogens (tertiary/aromatic N) is 1. The Labute approximate surface area is 104 Å². The average Bonchev–Trinajstić information content (AvgIpc) is 2.85. The summed E-state index contributed by atoms with van der Waals surface area (Å²) in [4.78, 5) is 5.30. The lowest BCUT2D eigenvalue weighted by Gasteiger charge is -2.08. The fourth-order valence-electron chi connectivity index (χ4n) is 1.11. The lowest BCUT2D eigenvalue weighted by molar-refractivity contribution is 0.453. The van der Waals surface area contributed by atoms with Gasteiger partial charge >= 0.3 is 0 Å². The number of hydrogen-bond acceptors (Lipinski definition) is 5. The van der Waals surface area contributed by atoms with Crippen molar-refractivity contribution in [2.24, 2.45) is 5.73 Å². The summed E-state index contributed by atoms with van der Waals surface area (Å²) in [5.74, 6) is 0. The van der Waals surface area contributed by atoms with Gasteiger partial charge in [-0.3, -0.25) is 0 Å². The predicted molar refractivity (Wildman–Crippen MR) is 66.2 cm³/mol. The minimum atomic E-state index is 0.208. The monoisotopic (exact) mass is 304 g/mol. The van der Waals surface area contributed by atoms with Crippen LogP contribution in [0, 0.1) is 0 Å². The van der Waals surface area contributed by atoms with E-state index < -0.39 is 0 Å². The summed E-state index contributed by atoms with van der Waals surface area (Å²) in [5.41, 5.74) is 5.73. The number of thiophene rings is 1. The molecule has 0 aliphatic heterocycles. The zero-order chi connectivity index (χ0) is 10.7. The highest BCUT2D eigenvalue weighted by molar-refractivity contribution is 9.10. The number of hydrogen-bond donors (Lipinski definition) is 1. The number of rotatable bonds is 4. The van der Waals surface area contributed by atoms with Gasteiger partial charge in [-0.2, -0.15) is 0 Å². The highest BCUT2D eigenvalue weighted by Gasteiger charge is 2.15. The Hall–Kier alpha value is -0.300. The standard InChI is InChI=1S/C9H9BrN2OS2/c10-6-3-7(14-5-6)8(4-11)15-9-12-1-2-13-9/h1-3,5,8H,4,11H2. The molecule has 0 saturated heterocycles. The van der Waals surface area contributed by atoms with Crippen molar-refractivity contribution in [3.63, 3.8) is 0 Å². The van der Waals surface area contributed by atoms with E-state index in [0.29, 0.717) is 11.8 Å². The topological polar surface area (TPSA) is 52.0 Å². The average molecular weight is 305 g/mol. The number of halogens is 1. The van der Waals surface area contributed by atoms with Crippen LogP contribution in [0.5, 0.6) is 0 Å². The van der Waals surface area contributed by atoms with E-state index in [1.807, 2.05) is 5.38 Å². The quantitative estimate of drug-likeness (QED) is 0.881. The van der Waals surface area contributed by atoms with Gasteiger partial charge in [-0.05, 0) is 22.0 Å². The van der Waals surface area contributed by atoms with Crippen LogP contribution in [0.1, 0.15) is 10.1 Å². The van der Waals surface area contributed by atoms with Crippen molar-refractivity contribution in [1.82, 2.24) is 4.98 Å². The third-order valence-corrected chi connectivity index (χ3v) is 4.86. The van der Waals surface area contributed by atoms with Gasteiger partial charge < -0.3 is 10.2 Å². The van der Waals surface area contributed by atoms with Crippen molar-refractivity contribution >= 4 is 39.0 Å². The van der Waals surface area contributed by atoms with Crippen LogP contribution in [-0.2, 0) is 0 Å². The first kappa shape index (κ1) is 11.2. The lowest BCUT2D eigenvalue weighted by Crippen LogP contribution is -2.07. The van der Waals surface area contributed by atoms with Crippen LogP contribution in [0.4, 0.5) is 0 Å². The van der Waals surface area contributed by atoms with Gasteiger partial charge in [-0.25, -0.2) is 4.98 Å². The SMILES string of the molecule is NCC(Sc1ncco1)c1cc(Br)cs1. The zero-order valence-electron chi connectivity index (χ0n) is 7.72. The molecular weight excluding hydrogens is 296 g/mol. The normalized spacial score (nSPS) is 12.9. The second-order valence-corrected chi connectivity index (χ2v) is 5.82. The molecule has 0 radical (unpaired) electrons. The fourth-order valence-corrected chi connectivity index (χ4v) is 3.62. The van der Waals surface area contributed by atoms with E-state index in [1.54, 1.807) is 35.6 Å². The summed E-state index contributed by atoms with van der Waals surface area (Å²) in [6, 6.07) is 2.08. The smallest absolute Gasteiger partial charge is 0.256 e. The molecular formula is C9H9BrN2OS2. The molecule has 2 aromatic heterocycles. The van der Waals surface area contributed by atoms with E-state index >= 15 is 0 Å². The van der Waals surface area contributed by atoms with Crippen molar-refractivity contribution in [1.29, 1.82) is 0 Å². The minimum absolute atomic E-state index is 0.208. The second-order valence-electron chi connectivity index (χ2n) is 2.81. The van der Waals surface area contributed by atoms with Crippen LogP contribution in [0.25, 0.3) is 0 Å². The Morgan fingerprint density at radius 2 is 2.53 bits per heavy atom. The Morgan fingerprint density at radius 1 is 1.67 bits per heavy atom. The summed E-state index contributed by atoms with van der Waals surface area (Å²) in [5, 5.41) is 2.92. The zero-order valence-corrected chi connectivity index (χ0v) is 10.9. The Bertz CT molecular complexity index is 415. The molecule has 80 valence electrons. The third kappa shape index (κ3) is 2.84. The van der Waals surface area contributed by atoms with Crippen LogP contribution in [0.15, 0.2) is 38.0 Å². The predicted octanol–water partition coefficient (Wildman–Crippen LogP) is 3.29. The van der Waals surface area contributed by atoms with Crippen molar-refractivity contribution in [2.45, 2.75) is 10.5 Å². The van der Waals surface area contributed by atoms with Gasteiger partial charge in [0.15, 0.2) is 0 Å². The van der Waals surface area contributed by atoms with Gasteiger partial charge in [0.2, 0.25) is 0 Å². The summed E-state index contributed by atoms with van der Waals surface area (Å²) in [6.07, 6.45) is 3.21. The molecule has 0 spiro atoms. The van der Waals surface area contributed by atoms with Crippen molar-refractivity contribution < 1.29 is 4.42 Å². The molecule has 0 bridgehead atoms. The Kier molecular flexibility index (Phi) is 3.85. The molecule has 1 unspecified atom stereocenters. The number of aromatic nitrogens is 1. The Morgan fingerprint density at radius 3 is 3.07 bits per heavy atom. The molecule has 0 aromatic carbocycles. The fraction of sp³-hybridized carbons (Fsp3) is 0.222. The molecule has 0 aliphatic rings. The molecule has 2 rings (SSSR count). The number of oxazole rings is 1. The summed E-state index contributed by atoms with van der Waals surface area (Å²) in [7, 11) is 0. The maximum absolute atomic E-state index is 5.73. The van der Waals surface area contributed by atoms with Crippen molar-refractivity contribution in [3.8, 4) is 0 Å². The van der Waals surface area contributed by atoms with Crippen molar-refractivity contribution in [3.05, 3.63) is 33.3 Å². The van der Waals surface area contributed by atoms with E-state index in [2.05, 4.69) is 27.0 Å². The van der Waals surface area contributed by atoms with Crippen molar-refractivity contribution in [2.75, 3.05) is 6.54 Å². The molecule has 2 heterocycles. The first-order valence-electron chi connectivity index (χ1n) is 4.29. The van der Waals surface area contributed by atoms with Crippen LogP contribution in [0.3, 0.4) is 0 Å². The van der Waals surface area contributed by atoms with Gasteiger partial charge in [0, 0.05) is 21.3 Å². The molecule has 1 atom stereocenters. The number of thioether (sulfide) groups is 1. The second kappa shape index (κ2) is 5.16. The summed E-state index contributed by atoms with van der Waals surface area (Å²) < 4.78 is 6.27. The largest absolute Gasteiger partial charge is 0.440 e. The van der Waals surface area contributed by atoms with Crippen LogP contribution < -0.4 is 5.73 Å². The minimum Gasteiger partial charge on any atom is -0.440 e. The van der Waals surface area contributed by atoms with Gasteiger partial charge in [-0.1, -0.05) is 11.8 Å². The van der Waals surface area contributed by atoms with E-state index in [4.69, 9.17) is 10.2 Å². The summed E-state index contributed by atoms with van der Waals surface area (Å²) >= 11 is 6.66. The molecule has 15 heavy (non-hydrogen) atoms. The van der Waals surface area contributed by atoms with Crippen LogP contribution in [-0.4, -0.2) is 11.5 Å². The number of nitrogens with two attached hydrogens (primary N) is 1. The lowest BCUT2D eigenvalue weighted by atomic mass is 10.3. The van der Waals surface area contributed by atoms with Gasteiger partial charge in [0.05, 0.1) is 11.4 Å². The summed E-state index contributed by atoms with van der Waals surface area (Å²) in [6.45, 7) is 0.569. The molecule has 2 N–H and O–H groups in total. The first-order valence-corrected chi connectivity index (χ1v) is 6.85. The molecule has 0 saturated carbocycles.